The molecule has 1 aromatic carbocycles. The van der Waals surface area contributed by atoms with Crippen LogP contribution in [0.1, 0.15) is 22.7 Å². The molecule has 0 saturated carbocycles. The Hall–Kier alpha value is -1.59. The number of amides is 1. The minimum absolute atomic E-state index is 0.201. The van der Waals surface area contributed by atoms with Gasteiger partial charge in [-0.2, -0.15) is 0 Å². The number of thioether (sulfide) groups is 1. The Balaban J connectivity index is 1.65. The highest BCUT2D eigenvalue weighted by Gasteiger charge is 2.23. The lowest BCUT2D eigenvalue weighted by Gasteiger charge is -2.16. The van der Waals surface area contributed by atoms with Crippen molar-refractivity contribution in [2.24, 2.45) is 0 Å². The normalized spacial score (nSPS) is 16.4. The van der Waals surface area contributed by atoms with Gasteiger partial charge in [-0.3, -0.25) is 4.79 Å². The van der Waals surface area contributed by atoms with Crippen LogP contribution in [0.2, 0.25) is 0 Å². The van der Waals surface area contributed by atoms with E-state index in [0.29, 0.717) is 6.42 Å². The van der Waals surface area contributed by atoms with Crippen LogP contribution in [0.5, 0.6) is 0 Å². The van der Waals surface area contributed by atoms with Gasteiger partial charge in [0.15, 0.2) is 0 Å². The maximum Gasteiger partial charge on any atom is 0.227 e. The summed E-state index contributed by atoms with van der Waals surface area (Å²) in [4.78, 5) is 18.8. The standard InChI is InChI=1S/C17H18N2OS2/c1-13-18-15(12-22-13)11-17-19(9-10-21-17)16(20)8-7-14-5-3-2-4-6-14/h2-6,11-12H,7-10H2,1H3/b17-11+. The van der Waals surface area contributed by atoms with Crippen LogP contribution in [0.3, 0.4) is 0 Å². The predicted octanol–water partition coefficient (Wildman–Crippen LogP) is 3.96. The Morgan fingerprint density at radius 1 is 1.36 bits per heavy atom. The summed E-state index contributed by atoms with van der Waals surface area (Å²) in [6, 6.07) is 10.2. The molecule has 1 saturated heterocycles. The smallest absolute Gasteiger partial charge is 0.227 e. The summed E-state index contributed by atoms with van der Waals surface area (Å²) in [6.45, 7) is 2.80. The molecule has 3 nitrogen and oxygen atoms in total. The molecule has 0 radical (unpaired) electrons. The Kier molecular flexibility index (Phi) is 4.95. The second kappa shape index (κ2) is 7.11. The van der Waals surface area contributed by atoms with Crippen LogP contribution in [0.15, 0.2) is 40.7 Å². The minimum atomic E-state index is 0.201. The summed E-state index contributed by atoms with van der Waals surface area (Å²) in [5, 5.41) is 4.12. The summed E-state index contributed by atoms with van der Waals surface area (Å²) in [5.74, 6) is 1.17. The molecule has 3 rings (SSSR count). The number of hydrogen-bond donors (Lipinski definition) is 0. The predicted molar refractivity (Wildman–Crippen MR) is 93.8 cm³/mol. The molecule has 2 aromatic rings. The van der Waals surface area contributed by atoms with Gasteiger partial charge in [-0.25, -0.2) is 4.98 Å². The van der Waals surface area contributed by atoms with E-state index in [1.807, 2.05) is 41.5 Å². The minimum Gasteiger partial charge on any atom is -0.306 e. The molecule has 0 unspecified atom stereocenters. The average molecular weight is 330 g/mol. The fourth-order valence-corrected chi connectivity index (χ4v) is 4.01. The van der Waals surface area contributed by atoms with Gasteiger partial charge in [0, 0.05) is 24.1 Å². The molecule has 0 bridgehead atoms. The van der Waals surface area contributed by atoms with Crippen molar-refractivity contribution in [3.63, 3.8) is 0 Å². The van der Waals surface area contributed by atoms with Gasteiger partial charge in [0.1, 0.15) is 0 Å². The molecule has 1 amide bonds. The lowest BCUT2D eigenvalue weighted by Crippen LogP contribution is -2.26. The van der Waals surface area contributed by atoms with Gasteiger partial charge in [0.25, 0.3) is 0 Å². The highest BCUT2D eigenvalue weighted by molar-refractivity contribution is 8.03. The first-order valence-electron chi connectivity index (χ1n) is 7.33. The first-order valence-corrected chi connectivity index (χ1v) is 9.20. The molecule has 2 heterocycles. The number of thiazole rings is 1. The number of benzene rings is 1. The summed E-state index contributed by atoms with van der Waals surface area (Å²) in [6.07, 6.45) is 3.38. The van der Waals surface area contributed by atoms with E-state index in [-0.39, 0.29) is 5.91 Å². The molecule has 1 fully saturated rings. The zero-order valence-corrected chi connectivity index (χ0v) is 14.1. The van der Waals surface area contributed by atoms with Crippen molar-refractivity contribution in [3.05, 3.63) is 57.0 Å². The molecular formula is C17H18N2OS2. The Morgan fingerprint density at radius 3 is 2.91 bits per heavy atom. The number of carbonyl (C=O) groups excluding carboxylic acids is 1. The maximum atomic E-state index is 12.5. The number of nitrogens with zero attached hydrogens (tertiary/aromatic N) is 2. The molecule has 1 aliphatic heterocycles. The van der Waals surface area contributed by atoms with E-state index in [4.69, 9.17) is 0 Å². The number of aryl methyl sites for hydroxylation is 2. The molecule has 1 aromatic heterocycles. The lowest BCUT2D eigenvalue weighted by molar-refractivity contribution is -0.128. The zero-order valence-electron chi connectivity index (χ0n) is 12.5. The van der Waals surface area contributed by atoms with E-state index in [9.17, 15) is 4.79 Å². The van der Waals surface area contributed by atoms with Crippen molar-refractivity contribution in [1.82, 2.24) is 9.88 Å². The zero-order chi connectivity index (χ0) is 15.4. The summed E-state index contributed by atoms with van der Waals surface area (Å²) >= 11 is 3.37. The third kappa shape index (κ3) is 3.78. The summed E-state index contributed by atoms with van der Waals surface area (Å²) < 4.78 is 0. The topological polar surface area (TPSA) is 33.2 Å². The highest BCUT2D eigenvalue weighted by Crippen LogP contribution is 2.30. The van der Waals surface area contributed by atoms with E-state index in [2.05, 4.69) is 17.1 Å². The van der Waals surface area contributed by atoms with Gasteiger partial charge in [0.2, 0.25) is 5.91 Å². The Labute approximate surface area is 139 Å². The number of rotatable bonds is 4. The average Bonchev–Trinajstić information content (AvgIpc) is 3.15. The van der Waals surface area contributed by atoms with Crippen molar-refractivity contribution in [2.45, 2.75) is 19.8 Å². The van der Waals surface area contributed by atoms with Gasteiger partial charge >= 0.3 is 0 Å². The fourth-order valence-electron chi connectivity index (χ4n) is 2.40. The van der Waals surface area contributed by atoms with Crippen molar-refractivity contribution in [1.29, 1.82) is 0 Å². The fraction of sp³-hybridized carbons (Fsp3) is 0.294. The molecule has 0 spiro atoms. The van der Waals surface area contributed by atoms with Crippen LogP contribution >= 0.6 is 23.1 Å². The van der Waals surface area contributed by atoms with E-state index >= 15 is 0 Å². The molecule has 5 heteroatoms. The van der Waals surface area contributed by atoms with Crippen molar-refractivity contribution in [2.75, 3.05) is 12.3 Å². The van der Waals surface area contributed by atoms with Crippen molar-refractivity contribution < 1.29 is 4.79 Å². The van der Waals surface area contributed by atoms with E-state index in [0.717, 1.165) is 34.4 Å². The largest absolute Gasteiger partial charge is 0.306 e. The van der Waals surface area contributed by atoms with Crippen LogP contribution in [0, 0.1) is 6.92 Å². The summed E-state index contributed by atoms with van der Waals surface area (Å²) in [7, 11) is 0. The molecule has 0 atom stereocenters. The van der Waals surface area contributed by atoms with Gasteiger partial charge in [-0.05, 0) is 25.0 Å². The van der Waals surface area contributed by atoms with Crippen molar-refractivity contribution >= 4 is 35.1 Å². The van der Waals surface area contributed by atoms with Gasteiger partial charge < -0.3 is 4.90 Å². The number of carbonyl (C=O) groups is 1. The van der Waals surface area contributed by atoms with Crippen LogP contribution in [-0.2, 0) is 11.2 Å². The second-order valence-corrected chi connectivity index (χ2v) is 7.33. The first kappa shape index (κ1) is 15.3. The molecule has 114 valence electrons. The monoisotopic (exact) mass is 330 g/mol. The van der Waals surface area contributed by atoms with Gasteiger partial charge in [-0.1, -0.05) is 30.3 Å². The van der Waals surface area contributed by atoms with Crippen LogP contribution in [0.4, 0.5) is 0 Å². The van der Waals surface area contributed by atoms with E-state index in [1.54, 1.807) is 23.1 Å². The van der Waals surface area contributed by atoms with Crippen LogP contribution in [-0.4, -0.2) is 28.1 Å². The Morgan fingerprint density at radius 2 is 2.18 bits per heavy atom. The molecule has 1 aliphatic rings. The third-order valence-corrected chi connectivity index (χ3v) is 5.32. The second-order valence-electron chi connectivity index (χ2n) is 5.15. The maximum absolute atomic E-state index is 12.5. The van der Waals surface area contributed by atoms with Crippen LogP contribution in [0.25, 0.3) is 6.08 Å². The van der Waals surface area contributed by atoms with Crippen LogP contribution < -0.4 is 0 Å². The van der Waals surface area contributed by atoms with Gasteiger partial charge in [0.05, 0.1) is 15.7 Å². The molecule has 0 aliphatic carbocycles. The van der Waals surface area contributed by atoms with E-state index < -0.39 is 0 Å². The third-order valence-electron chi connectivity index (χ3n) is 3.51. The Bertz CT molecular complexity index is 679. The highest BCUT2D eigenvalue weighted by atomic mass is 32.2. The molecule has 22 heavy (non-hydrogen) atoms. The first-order chi connectivity index (χ1) is 10.7. The number of aromatic nitrogens is 1. The summed E-state index contributed by atoms with van der Waals surface area (Å²) in [5.41, 5.74) is 2.16. The van der Waals surface area contributed by atoms with Gasteiger partial charge in [-0.15, -0.1) is 23.1 Å². The number of hydrogen-bond acceptors (Lipinski definition) is 4. The molecular weight excluding hydrogens is 312 g/mol. The molecule has 0 N–H and O–H groups in total. The van der Waals surface area contributed by atoms with E-state index in [1.165, 1.54) is 5.56 Å². The van der Waals surface area contributed by atoms with Crippen molar-refractivity contribution in [3.8, 4) is 0 Å². The lowest BCUT2D eigenvalue weighted by atomic mass is 10.1. The quantitative estimate of drug-likeness (QED) is 0.851. The SMILES string of the molecule is Cc1nc(/C=C2/SCCN2C(=O)CCc2ccccc2)cs1.